The van der Waals surface area contributed by atoms with Crippen LogP contribution in [-0.4, -0.2) is 17.3 Å². The van der Waals surface area contributed by atoms with E-state index in [1.165, 1.54) is 0 Å². The second-order valence-electron chi connectivity index (χ2n) is 4.06. The van der Waals surface area contributed by atoms with Gasteiger partial charge in [0.15, 0.2) is 0 Å². The maximum Gasteiger partial charge on any atom is 0.0992 e. The van der Waals surface area contributed by atoms with E-state index in [0.717, 1.165) is 24.9 Å². The highest BCUT2D eigenvalue weighted by molar-refractivity contribution is 6.33. The SMILES string of the molecule is N#Cc1ccc(Cl)c(NC2CCCC2O)c1. The molecule has 4 heteroatoms. The molecule has 0 aromatic heterocycles. The van der Waals surface area contributed by atoms with E-state index >= 15 is 0 Å². The Balaban J connectivity index is 2.17. The van der Waals surface area contributed by atoms with Gasteiger partial charge in [-0.15, -0.1) is 0 Å². The quantitative estimate of drug-likeness (QED) is 0.830. The third kappa shape index (κ3) is 2.29. The molecule has 0 saturated heterocycles. The summed E-state index contributed by atoms with van der Waals surface area (Å²) < 4.78 is 0. The number of halogens is 1. The predicted molar refractivity (Wildman–Crippen MR) is 63.4 cm³/mol. The van der Waals surface area contributed by atoms with Gasteiger partial charge in [-0.25, -0.2) is 0 Å². The van der Waals surface area contributed by atoms with E-state index in [0.29, 0.717) is 10.6 Å². The molecule has 1 fully saturated rings. The van der Waals surface area contributed by atoms with Crippen LogP contribution in [0.5, 0.6) is 0 Å². The van der Waals surface area contributed by atoms with E-state index in [1.54, 1.807) is 18.2 Å². The van der Waals surface area contributed by atoms with E-state index in [9.17, 15) is 5.11 Å². The van der Waals surface area contributed by atoms with Crippen LogP contribution in [0.15, 0.2) is 18.2 Å². The Morgan fingerprint density at radius 1 is 1.44 bits per heavy atom. The van der Waals surface area contributed by atoms with Crippen molar-refractivity contribution in [2.45, 2.75) is 31.4 Å². The molecule has 2 N–H and O–H groups in total. The van der Waals surface area contributed by atoms with Crippen molar-refractivity contribution in [3.05, 3.63) is 28.8 Å². The molecule has 2 unspecified atom stereocenters. The first-order chi connectivity index (χ1) is 7.70. The van der Waals surface area contributed by atoms with Crippen molar-refractivity contribution < 1.29 is 5.11 Å². The van der Waals surface area contributed by atoms with Crippen LogP contribution >= 0.6 is 11.6 Å². The van der Waals surface area contributed by atoms with Crippen molar-refractivity contribution >= 4 is 17.3 Å². The van der Waals surface area contributed by atoms with Gasteiger partial charge in [-0.3, -0.25) is 0 Å². The molecule has 16 heavy (non-hydrogen) atoms. The van der Waals surface area contributed by atoms with Crippen LogP contribution in [-0.2, 0) is 0 Å². The average molecular weight is 237 g/mol. The van der Waals surface area contributed by atoms with E-state index in [1.807, 2.05) is 0 Å². The zero-order valence-electron chi connectivity index (χ0n) is 8.78. The lowest BCUT2D eigenvalue weighted by atomic mass is 10.1. The molecule has 3 nitrogen and oxygen atoms in total. The summed E-state index contributed by atoms with van der Waals surface area (Å²) in [6.07, 6.45) is 2.47. The molecular weight excluding hydrogens is 224 g/mol. The highest BCUT2D eigenvalue weighted by Crippen LogP contribution is 2.28. The minimum atomic E-state index is -0.318. The number of hydrogen-bond acceptors (Lipinski definition) is 3. The zero-order valence-corrected chi connectivity index (χ0v) is 9.54. The fourth-order valence-corrected chi connectivity index (χ4v) is 2.19. The number of nitrogens with one attached hydrogen (secondary N) is 1. The number of hydrogen-bond donors (Lipinski definition) is 2. The Kier molecular flexibility index (Phi) is 3.33. The van der Waals surface area contributed by atoms with Crippen molar-refractivity contribution in [1.29, 1.82) is 5.26 Å². The Morgan fingerprint density at radius 3 is 2.88 bits per heavy atom. The summed E-state index contributed by atoms with van der Waals surface area (Å²) in [5.74, 6) is 0. The second kappa shape index (κ2) is 4.73. The van der Waals surface area contributed by atoms with E-state index in [-0.39, 0.29) is 12.1 Å². The molecule has 1 saturated carbocycles. The molecule has 1 aromatic carbocycles. The molecule has 2 rings (SSSR count). The number of benzene rings is 1. The van der Waals surface area contributed by atoms with Crippen LogP contribution < -0.4 is 5.32 Å². The maximum absolute atomic E-state index is 9.70. The molecule has 1 aliphatic carbocycles. The summed E-state index contributed by atoms with van der Waals surface area (Å²) in [5, 5.41) is 22.3. The molecule has 2 atom stereocenters. The molecule has 0 radical (unpaired) electrons. The summed E-state index contributed by atoms with van der Waals surface area (Å²) in [7, 11) is 0. The summed E-state index contributed by atoms with van der Waals surface area (Å²) in [4.78, 5) is 0. The van der Waals surface area contributed by atoms with Crippen molar-refractivity contribution in [3.63, 3.8) is 0 Å². The first kappa shape index (κ1) is 11.3. The van der Waals surface area contributed by atoms with Gasteiger partial charge in [-0.2, -0.15) is 5.26 Å². The van der Waals surface area contributed by atoms with Gasteiger partial charge in [0.25, 0.3) is 0 Å². The molecule has 0 spiro atoms. The van der Waals surface area contributed by atoms with Crippen LogP contribution in [0.1, 0.15) is 24.8 Å². The predicted octanol–water partition coefficient (Wildman–Crippen LogP) is 2.54. The van der Waals surface area contributed by atoms with Gasteiger partial charge in [0.2, 0.25) is 0 Å². The third-order valence-electron chi connectivity index (χ3n) is 2.92. The van der Waals surface area contributed by atoms with Crippen LogP contribution in [0.2, 0.25) is 5.02 Å². The van der Waals surface area contributed by atoms with Crippen molar-refractivity contribution in [3.8, 4) is 6.07 Å². The maximum atomic E-state index is 9.70. The Bertz CT molecular complexity index is 428. The summed E-state index contributed by atoms with van der Waals surface area (Å²) in [6.45, 7) is 0. The van der Waals surface area contributed by atoms with Gasteiger partial charge in [0.05, 0.1) is 34.5 Å². The van der Waals surface area contributed by atoms with E-state index in [2.05, 4.69) is 11.4 Å². The Morgan fingerprint density at radius 2 is 2.25 bits per heavy atom. The fraction of sp³-hybridized carbons (Fsp3) is 0.417. The average Bonchev–Trinajstić information content (AvgIpc) is 2.68. The Hall–Kier alpha value is -1.24. The Labute approximate surface area is 99.7 Å². The van der Waals surface area contributed by atoms with Gasteiger partial charge in [-0.05, 0) is 37.5 Å². The molecule has 84 valence electrons. The van der Waals surface area contributed by atoms with Crippen molar-refractivity contribution in [2.24, 2.45) is 0 Å². The molecule has 0 aliphatic heterocycles. The number of anilines is 1. The molecule has 0 amide bonds. The van der Waals surface area contributed by atoms with Gasteiger partial charge in [0, 0.05) is 0 Å². The van der Waals surface area contributed by atoms with Gasteiger partial charge in [-0.1, -0.05) is 11.6 Å². The lowest BCUT2D eigenvalue weighted by Crippen LogP contribution is -2.28. The highest BCUT2D eigenvalue weighted by atomic mass is 35.5. The molecule has 1 aromatic rings. The van der Waals surface area contributed by atoms with Crippen LogP contribution in [0.3, 0.4) is 0 Å². The van der Waals surface area contributed by atoms with Crippen LogP contribution in [0, 0.1) is 11.3 Å². The lowest BCUT2D eigenvalue weighted by Gasteiger charge is -2.18. The normalized spacial score (nSPS) is 24.1. The van der Waals surface area contributed by atoms with Gasteiger partial charge < -0.3 is 10.4 Å². The van der Waals surface area contributed by atoms with Crippen molar-refractivity contribution in [2.75, 3.05) is 5.32 Å². The van der Waals surface area contributed by atoms with E-state index < -0.39 is 0 Å². The lowest BCUT2D eigenvalue weighted by molar-refractivity contribution is 0.172. The smallest absolute Gasteiger partial charge is 0.0992 e. The van der Waals surface area contributed by atoms with Gasteiger partial charge >= 0.3 is 0 Å². The molecule has 0 heterocycles. The first-order valence-electron chi connectivity index (χ1n) is 5.35. The number of nitriles is 1. The number of rotatable bonds is 2. The molecule has 1 aliphatic rings. The van der Waals surface area contributed by atoms with Gasteiger partial charge in [0.1, 0.15) is 0 Å². The molecule has 0 bridgehead atoms. The third-order valence-corrected chi connectivity index (χ3v) is 3.25. The summed E-state index contributed by atoms with van der Waals surface area (Å²) in [5.41, 5.74) is 1.30. The number of aliphatic hydroxyl groups excluding tert-OH is 1. The van der Waals surface area contributed by atoms with Crippen molar-refractivity contribution in [1.82, 2.24) is 0 Å². The number of nitrogens with zero attached hydrogens (tertiary/aromatic N) is 1. The first-order valence-corrected chi connectivity index (χ1v) is 5.73. The monoisotopic (exact) mass is 236 g/mol. The topological polar surface area (TPSA) is 56.0 Å². The number of aliphatic hydroxyl groups is 1. The summed E-state index contributed by atoms with van der Waals surface area (Å²) in [6, 6.07) is 7.21. The fourth-order valence-electron chi connectivity index (χ4n) is 2.01. The molecular formula is C12H13ClN2O. The zero-order chi connectivity index (χ0) is 11.5. The minimum Gasteiger partial charge on any atom is -0.391 e. The summed E-state index contributed by atoms with van der Waals surface area (Å²) >= 11 is 6.03. The second-order valence-corrected chi connectivity index (χ2v) is 4.46. The standard InChI is InChI=1S/C12H13ClN2O/c13-9-5-4-8(7-14)6-11(9)15-10-2-1-3-12(10)16/h4-6,10,12,15-16H,1-3H2. The van der Waals surface area contributed by atoms with Crippen LogP contribution in [0.4, 0.5) is 5.69 Å². The largest absolute Gasteiger partial charge is 0.391 e. The highest BCUT2D eigenvalue weighted by Gasteiger charge is 2.25. The van der Waals surface area contributed by atoms with Crippen LogP contribution in [0.25, 0.3) is 0 Å². The van der Waals surface area contributed by atoms with E-state index in [4.69, 9.17) is 16.9 Å². The minimum absolute atomic E-state index is 0.0476.